The van der Waals surface area contributed by atoms with Crippen LogP contribution in [0.15, 0.2) is 28.3 Å². The lowest BCUT2D eigenvalue weighted by molar-refractivity contribution is 0.0690. The number of aromatic nitrogens is 3. The molecule has 2 N–H and O–H groups in total. The first kappa shape index (κ1) is 14.5. The number of rotatable bonds is 4. The molecular formula is C12H10ClN3O3S. The molecule has 0 bridgehead atoms. The Balaban J connectivity index is 2.32. The minimum atomic E-state index is -1.13. The highest BCUT2D eigenvalue weighted by atomic mass is 35.5. The largest absolute Gasteiger partial charge is 0.478 e. The van der Waals surface area contributed by atoms with Crippen molar-refractivity contribution >= 4 is 29.3 Å². The first-order valence-corrected chi connectivity index (χ1v) is 6.91. The van der Waals surface area contributed by atoms with Crippen LogP contribution in [0.5, 0.6) is 0 Å². The first-order chi connectivity index (χ1) is 9.49. The topological polar surface area (TPSA) is 95.9 Å². The van der Waals surface area contributed by atoms with Crippen LogP contribution in [-0.4, -0.2) is 26.0 Å². The van der Waals surface area contributed by atoms with Crippen molar-refractivity contribution in [1.29, 1.82) is 0 Å². The average Bonchev–Trinajstić information content (AvgIpc) is 2.36. The number of hydrogen-bond donors (Lipinski definition) is 2. The summed E-state index contributed by atoms with van der Waals surface area (Å²) in [7, 11) is 0. The molecule has 0 saturated heterocycles. The fraction of sp³-hybridized carbons (Fsp3) is 0.167. The van der Waals surface area contributed by atoms with E-state index in [1.165, 1.54) is 13.1 Å². The van der Waals surface area contributed by atoms with Gasteiger partial charge in [-0.1, -0.05) is 11.6 Å². The summed E-state index contributed by atoms with van der Waals surface area (Å²) in [5, 5.41) is 9.84. The summed E-state index contributed by atoms with van der Waals surface area (Å²) >= 11 is 7.12. The van der Waals surface area contributed by atoms with Gasteiger partial charge >= 0.3 is 11.7 Å². The van der Waals surface area contributed by atoms with Crippen LogP contribution in [0, 0.1) is 6.92 Å². The molecule has 8 heteroatoms. The van der Waals surface area contributed by atoms with Gasteiger partial charge in [-0.2, -0.15) is 4.98 Å². The molecule has 0 spiro atoms. The molecule has 2 heterocycles. The minimum Gasteiger partial charge on any atom is -0.478 e. The monoisotopic (exact) mass is 311 g/mol. The Kier molecular flexibility index (Phi) is 4.41. The van der Waals surface area contributed by atoms with Crippen LogP contribution in [0.3, 0.4) is 0 Å². The van der Waals surface area contributed by atoms with Gasteiger partial charge in [-0.15, -0.1) is 11.8 Å². The van der Waals surface area contributed by atoms with Crippen molar-refractivity contribution in [2.75, 3.05) is 0 Å². The number of nitrogens with one attached hydrogen (secondary N) is 1. The van der Waals surface area contributed by atoms with E-state index in [2.05, 4.69) is 15.0 Å². The highest BCUT2D eigenvalue weighted by Crippen LogP contribution is 2.27. The van der Waals surface area contributed by atoms with Crippen LogP contribution in [0.1, 0.15) is 21.6 Å². The molecule has 104 valence electrons. The number of halogens is 1. The molecule has 0 amide bonds. The quantitative estimate of drug-likeness (QED) is 0.663. The highest BCUT2D eigenvalue weighted by molar-refractivity contribution is 7.98. The third-order valence-electron chi connectivity index (χ3n) is 2.52. The second kappa shape index (κ2) is 6.06. The van der Waals surface area contributed by atoms with Gasteiger partial charge in [-0.05, 0) is 18.6 Å². The molecular weight excluding hydrogens is 302 g/mol. The van der Waals surface area contributed by atoms with E-state index in [9.17, 15) is 14.7 Å². The van der Waals surface area contributed by atoms with Crippen LogP contribution < -0.4 is 5.69 Å². The number of aromatic amines is 1. The van der Waals surface area contributed by atoms with E-state index in [1.54, 1.807) is 12.3 Å². The van der Waals surface area contributed by atoms with Crippen LogP contribution >= 0.6 is 23.4 Å². The molecule has 2 rings (SSSR count). The number of carboxylic acid groups (broad SMARTS) is 1. The number of nitrogens with zero attached hydrogens (tertiary/aromatic N) is 2. The second-order valence-corrected chi connectivity index (χ2v) is 5.28. The van der Waals surface area contributed by atoms with Crippen molar-refractivity contribution in [2.24, 2.45) is 0 Å². The van der Waals surface area contributed by atoms with Crippen molar-refractivity contribution < 1.29 is 9.90 Å². The fourth-order valence-electron chi connectivity index (χ4n) is 1.58. The number of aromatic carboxylic acids is 1. The zero-order valence-corrected chi connectivity index (χ0v) is 12.0. The molecule has 2 aromatic rings. The lowest BCUT2D eigenvalue weighted by atomic mass is 10.2. The maximum atomic E-state index is 11.4. The maximum Gasteiger partial charge on any atom is 0.346 e. The lowest BCUT2D eigenvalue weighted by Crippen LogP contribution is -2.18. The Morgan fingerprint density at radius 1 is 1.55 bits per heavy atom. The smallest absolute Gasteiger partial charge is 0.346 e. The number of carboxylic acids is 1. The van der Waals surface area contributed by atoms with Crippen molar-refractivity contribution in [3.8, 4) is 0 Å². The molecule has 20 heavy (non-hydrogen) atoms. The Bertz CT molecular complexity index is 717. The Hall–Kier alpha value is -1.86. The summed E-state index contributed by atoms with van der Waals surface area (Å²) in [6.07, 6.45) is 3.10. The number of pyridine rings is 1. The van der Waals surface area contributed by atoms with Gasteiger partial charge in [0.1, 0.15) is 10.6 Å². The summed E-state index contributed by atoms with van der Waals surface area (Å²) in [6, 6.07) is 1.73. The molecule has 0 aliphatic rings. The van der Waals surface area contributed by atoms with E-state index in [0.29, 0.717) is 10.8 Å². The van der Waals surface area contributed by atoms with E-state index in [4.69, 9.17) is 11.6 Å². The van der Waals surface area contributed by atoms with Gasteiger partial charge in [0.15, 0.2) is 0 Å². The van der Waals surface area contributed by atoms with E-state index < -0.39 is 11.7 Å². The second-order valence-electron chi connectivity index (χ2n) is 3.91. The minimum absolute atomic E-state index is 0.000205. The van der Waals surface area contributed by atoms with Gasteiger partial charge in [0.25, 0.3) is 0 Å². The molecule has 0 aliphatic carbocycles. The molecule has 0 atom stereocenters. The van der Waals surface area contributed by atoms with E-state index in [0.717, 1.165) is 17.3 Å². The fourth-order valence-corrected chi connectivity index (χ4v) is 2.92. The molecule has 0 aliphatic heterocycles. The van der Waals surface area contributed by atoms with Gasteiger partial charge in [-0.25, -0.2) is 9.59 Å². The summed E-state index contributed by atoms with van der Waals surface area (Å²) < 4.78 is 0. The van der Waals surface area contributed by atoms with Gasteiger partial charge < -0.3 is 10.1 Å². The molecule has 2 aromatic heterocycles. The Morgan fingerprint density at radius 3 is 2.95 bits per heavy atom. The zero-order chi connectivity index (χ0) is 14.7. The highest BCUT2D eigenvalue weighted by Gasteiger charge is 2.17. The summed E-state index contributed by atoms with van der Waals surface area (Å²) in [5.41, 5.74) is 0.499. The number of carbonyl (C=O) groups is 1. The zero-order valence-electron chi connectivity index (χ0n) is 10.4. The molecule has 0 saturated carbocycles. The number of H-pyrrole nitrogens is 1. The number of hydrogen-bond acceptors (Lipinski definition) is 5. The van der Waals surface area contributed by atoms with Crippen molar-refractivity contribution in [2.45, 2.75) is 17.7 Å². The Labute approximate surface area is 123 Å². The van der Waals surface area contributed by atoms with Gasteiger partial charge in [0, 0.05) is 23.8 Å². The van der Waals surface area contributed by atoms with Crippen molar-refractivity contribution in [3.63, 3.8) is 0 Å². The van der Waals surface area contributed by atoms with E-state index in [1.807, 2.05) is 0 Å². The normalized spacial score (nSPS) is 10.5. The van der Waals surface area contributed by atoms with Gasteiger partial charge in [-0.3, -0.25) is 4.98 Å². The molecule has 0 fully saturated rings. The lowest BCUT2D eigenvalue weighted by Gasteiger charge is -2.07. The third kappa shape index (κ3) is 3.17. The van der Waals surface area contributed by atoms with Crippen LogP contribution in [0.2, 0.25) is 5.02 Å². The number of aryl methyl sites for hydroxylation is 1. The molecule has 6 nitrogen and oxygen atoms in total. The number of thioether (sulfide) groups is 1. The van der Waals surface area contributed by atoms with Crippen LogP contribution in [0.25, 0.3) is 0 Å². The SMILES string of the molecule is Cc1[nH]c(=O)nc(SCc2ccncc2Cl)c1C(=O)O. The van der Waals surface area contributed by atoms with Crippen LogP contribution in [-0.2, 0) is 5.75 Å². The van der Waals surface area contributed by atoms with E-state index >= 15 is 0 Å². The summed E-state index contributed by atoms with van der Waals surface area (Å²) in [6.45, 7) is 1.52. The van der Waals surface area contributed by atoms with Crippen LogP contribution in [0.4, 0.5) is 0 Å². The molecule has 0 unspecified atom stereocenters. The first-order valence-electron chi connectivity index (χ1n) is 5.54. The summed E-state index contributed by atoms with van der Waals surface area (Å²) in [5.74, 6) is -0.730. The molecule has 0 aromatic carbocycles. The Morgan fingerprint density at radius 2 is 2.30 bits per heavy atom. The van der Waals surface area contributed by atoms with Crippen molar-refractivity contribution in [1.82, 2.24) is 15.0 Å². The predicted octanol–water partition coefficient (Wildman–Crippen LogP) is 2.12. The summed E-state index contributed by atoms with van der Waals surface area (Å²) in [4.78, 5) is 32.5. The molecule has 0 radical (unpaired) electrons. The van der Waals surface area contributed by atoms with Gasteiger partial charge in [0.05, 0.1) is 5.02 Å². The maximum absolute atomic E-state index is 11.4. The van der Waals surface area contributed by atoms with Crippen molar-refractivity contribution in [3.05, 3.63) is 50.8 Å². The standard InChI is InChI=1S/C12H10ClN3O3S/c1-6-9(11(17)18)10(16-12(19)15-6)20-5-7-2-3-14-4-8(7)13/h2-4H,5H2,1H3,(H,17,18)(H,15,16,19). The third-order valence-corrected chi connectivity index (χ3v) is 3.89. The predicted molar refractivity (Wildman–Crippen MR) is 75.4 cm³/mol. The van der Waals surface area contributed by atoms with E-state index in [-0.39, 0.29) is 16.3 Å². The average molecular weight is 312 g/mol. The van der Waals surface area contributed by atoms with Gasteiger partial charge in [0.2, 0.25) is 0 Å².